The highest BCUT2D eigenvalue weighted by atomic mass is 31.2. The summed E-state index contributed by atoms with van der Waals surface area (Å²) in [4.78, 5) is 23.2. The molecule has 0 heterocycles. The van der Waals surface area contributed by atoms with Crippen molar-refractivity contribution in [2.24, 2.45) is 0 Å². The second kappa shape index (κ2) is 41.5. The van der Waals surface area contributed by atoms with Crippen molar-refractivity contribution in [3.05, 3.63) is 0 Å². The number of phosphoric acid groups is 1. The summed E-state index contributed by atoms with van der Waals surface area (Å²) >= 11 is 0. The highest BCUT2D eigenvalue weighted by Gasteiger charge is 2.51. The predicted octanol–water partition coefficient (Wildman–Crippen LogP) is 11.7. The number of rotatable bonds is 46. The van der Waals surface area contributed by atoms with Crippen molar-refractivity contribution in [2.75, 3.05) is 19.8 Å². The molecule has 0 spiro atoms. The van der Waals surface area contributed by atoms with E-state index in [0.717, 1.165) is 38.5 Å². The molecule has 0 amide bonds. The van der Waals surface area contributed by atoms with E-state index in [2.05, 4.69) is 13.8 Å². The maximum atomic E-state index is 12.8. The van der Waals surface area contributed by atoms with Crippen LogP contribution in [0.15, 0.2) is 0 Å². The molecule has 0 radical (unpaired) electrons. The molecule has 1 aliphatic carbocycles. The van der Waals surface area contributed by atoms with Crippen LogP contribution in [0, 0.1) is 0 Å². The van der Waals surface area contributed by atoms with Crippen molar-refractivity contribution in [1.29, 1.82) is 0 Å². The number of ether oxygens (including phenoxy) is 2. The van der Waals surface area contributed by atoms with Crippen LogP contribution >= 0.6 is 7.82 Å². The second-order valence-corrected chi connectivity index (χ2v) is 20.2. The quantitative estimate of drug-likeness (QED) is 0.0193. The Morgan fingerprint density at radius 2 is 0.746 bits per heavy atom. The zero-order valence-corrected chi connectivity index (χ0v) is 41.3. The Hall–Kier alpha value is -0.660. The maximum Gasteiger partial charge on any atom is 0.472 e. The number of hydrogen-bond acceptors (Lipinski definition) is 11. The van der Waals surface area contributed by atoms with Crippen LogP contribution in [0.3, 0.4) is 0 Å². The molecule has 13 heteroatoms. The topological polar surface area (TPSA) is 192 Å². The van der Waals surface area contributed by atoms with Crippen LogP contribution in [0.5, 0.6) is 0 Å². The van der Waals surface area contributed by atoms with Gasteiger partial charge < -0.3 is 39.9 Å². The average molecular weight is 923 g/mol. The van der Waals surface area contributed by atoms with Crippen LogP contribution in [-0.2, 0) is 27.9 Å². The molecule has 0 aliphatic heterocycles. The first-order chi connectivity index (χ1) is 30.5. The molecule has 0 aromatic rings. The Balaban J connectivity index is 2.29. The Morgan fingerprint density at radius 1 is 0.444 bits per heavy atom. The molecular formula is C50H99O12P. The summed E-state index contributed by atoms with van der Waals surface area (Å²) in [7, 11) is -5.01. The highest BCUT2D eigenvalue weighted by molar-refractivity contribution is 7.47. The largest absolute Gasteiger partial charge is 0.472 e. The van der Waals surface area contributed by atoms with Gasteiger partial charge in [0.1, 0.15) is 42.7 Å². The first-order valence-corrected chi connectivity index (χ1v) is 27.9. The molecule has 6 unspecified atom stereocenters. The van der Waals surface area contributed by atoms with Gasteiger partial charge in [0.15, 0.2) is 0 Å². The van der Waals surface area contributed by atoms with Gasteiger partial charge in [0.25, 0.3) is 0 Å². The van der Waals surface area contributed by atoms with E-state index < -0.39 is 63.1 Å². The summed E-state index contributed by atoms with van der Waals surface area (Å²) in [6.07, 6.45) is 33.1. The van der Waals surface area contributed by atoms with Gasteiger partial charge in [-0.05, 0) is 12.8 Å². The molecule has 6 atom stereocenters. The SMILES string of the molecule is CCCCCCCCCCCCCCCCCCCCCCCOCC(COP(=O)(O)OC1C(O)C(O)C(O)C(O)C1O)OC(=O)CCCCCCCCCCCCCCCCC. The summed E-state index contributed by atoms with van der Waals surface area (Å²) < 4.78 is 34.3. The molecule has 1 saturated carbocycles. The van der Waals surface area contributed by atoms with Crippen LogP contribution < -0.4 is 0 Å². The lowest BCUT2D eigenvalue weighted by molar-refractivity contribution is -0.220. The van der Waals surface area contributed by atoms with Crippen LogP contribution in [-0.4, -0.2) is 98.9 Å². The minimum Gasteiger partial charge on any atom is -0.457 e. The zero-order chi connectivity index (χ0) is 46.2. The van der Waals surface area contributed by atoms with Gasteiger partial charge in [-0.15, -0.1) is 0 Å². The van der Waals surface area contributed by atoms with E-state index in [-0.39, 0.29) is 13.0 Å². The molecule has 63 heavy (non-hydrogen) atoms. The molecule has 0 aromatic carbocycles. The van der Waals surface area contributed by atoms with Gasteiger partial charge in [-0.2, -0.15) is 0 Å². The van der Waals surface area contributed by atoms with Gasteiger partial charge in [-0.3, -0.25) is 13.8 Å². The van der Waals surface area contributed by atoms with Crippen molar-refractivity contribution >= 4 is 13.8 Å². The van der Waals surface area contributed by atoms with Crippen molar-refractivity contribution in [1.82, 2.24) is 0 Å². The minimum atomic E-state index is -5.01. The number of phosphoric ester groups is 1. The van der Waals surface area contributed by atoms with Gasteiger partial charge in [0.2, 0.25) is 0 Å². The molecule has 1 fully saturated rings. The zero-order valence-electron chi connectivity index (χ0n) is 40.4. The fourth-order valence-electron chi connectivity index (χ4n) is 8.54. The number of carbonyl (C=O) groups is 1. The summed E-state index contributed by atoms with van der Waals surface area (Å²) in [5.41, 5.74) is 0. The molecule has 6 N–H and O–H groups in total. The van der Waals surface area contributed by atoms with Crippen molar-refractivity contribution in [3.8, 4) is 0 Å². The molecule has 1 aliphatic rings. The van der Waals surface area contributed by atoms with Crippen LogP contribution in [0.1, 0.15) is 251 Å². The van der Waals surface area contributed by atoms with E-state index >= 15 is 0 Å². The lowest BCUT2D eigenvalue weighted by atomic mass is 9.85. The lowest BCUT2D eigenvalue weighted by Crippen LogP contribution is -2.64. The average Bonchev–Trinajstić information content (AvgIpc) is 3.27. The normalized spacial score (nSPS) is 21.7. The third kappa shape index (κ3) is 33.5. The molecule has 376 valence electrons. The van der Waals surface area contributed by atoms with Gasteiger partial charge in [0.05, 0.1) is 13.2 Å². The smallest absolute Gasteiger partial charge is 0.457 e. The van der Waals surface area contributed by atoms with Crippen molar-refractivity contribution < 1.29 is 58.3 Å². The summed E-state index contributed by atoms with van der Waals surface area (Å²) in [6, 6.07) is 0. The van der Waals surface area contributed by atoms with Gasteiger partial charge in [-0.1, -0.05) is 232 Å². The van der Waals surface area contributed by atoms with E-state index in [9.17, 15) is 39.8 Å². The molecular weight excluding hydrogens is 824 g/mol. The Labute approximate surface area is 385 Å². The number of aliphatic hydroxyl groups excluding tert-OH is 5. The molecule has 12 nitrogen and oxygen atoms in total. The van der Waals surface area contributed by atoms with Crippen molar-refractivity contribution in [3.63, 3.8) is 0 Å². The van der Waals surface area contributed by atoms with Crippen molar-refractivity contribution in [2.45, 2.75) is 294 Å². The maximum absolute atomic E-state index is 12.8. The van der Waals surface area contributed by atoms with Crippen LogP contribution in [0.4, 0.5) is 0 Å². The Morgan fingerprint density at radius 3 is 1.10 bits per heavy atom. The third-order valence-electron chi connectivity index (χ3n) is 12.7. The Bertz CT molecular complexity index is 1050. The molecule has 0 saturated heterocycles. The monoisotopic (exact) mass is 923 g/mol. The van der Waals surface area contributed by atoms with Crippen LogP contribution in [0.25, 0.3) is 0 Å². The number of aliphatic hydroxyl groups is 5. The van der Waals surface area contributed by atoms with E-state index in [1.807, 2.05) is 0 Å². The van der Waals surface area contributed by atoms with Crippen LogP contribution in [0.2, 0.25) is 0 Å². The van der Waals surface area contributed by atoms with E-state index in [0.29, 0.717) is 13.0 Å². The lowest BCUT2D eigenvalue weighted by Gasteiger charge is -2.41. The number of unbranched alkanes of at least 4 members (excludes halogenated alkanes) is 34. The minimum absolute atomic E-state index is 0.0674. The fourth-order valence-corrected chi connectivity index (χ4v) is 9.51. The van der Waals surface area contributed by atoms with E-state index in [4.69, 9.17) is 18.5 Å². The summed E-state index contributed by atoms with van der Waals surface area (Å²) in [5, 5.41) is 50.3. The summed E-state index contributed by atoms with van der Waals surface area (Å²) in [6.45, 7) is 4.32. The molecule has 1 rings (SSSR count). The van der Waals surface area contributed by atoms with E-state index in [1.54, 1.807) is 0 Å². The molecule has 0 aromatic heterocycles. The standard InChI is InChI=1S/C50H99O12P/c1-3-5-7-9-11-13-15-17-19-20-21-22-23-24-26-28-30-32-34-36-38-40-59-41-43(42-60-63(57,58)62-50-48(55)46(53)45(52)47(54)49(50)56)61-44(51)39-37-35-33-31-29-27-25-18-16-14-12-10-8-6-4-2/h43,45-50,52-56H,3-42H2,1-2H3,(H,57,58). The Kier molecular flexibility index (Phi) is 39.8. The van der Waals surface area contributed by atoms with Gasteiger partial charge >= 0.3 is 13.8 Å². The second-order valence-electron chi connectivity index (χ2n) is 18.7. The molecule has 0 bridgehead atoms. The van der Waals surface area contributed by atoms with Gasteiger partial charge in [0, 0.05) is 13.0 Å². The number of hydrogen-bond donors (Lipinski definition) is 6. The number of carbonyl (C=O) groups excluding carboxylic acids is 1. The first kappa shape index (κ1) is 60.4. The van der Waals surface area contributed by atoms with E-state index in [1.165, 1.54) is 186 Å². The number of esters is 1. The first-order valence-electron chi connectivity index (χ1n) is 26.4. The van der Waals surface area contributed by atoms with Gasteiger partial charge in [-0.25, -0.2) is 4.57 Å². The third-order valence-corrected chi connectivity index (χ3v) is 13.7. The summed E-state index contributed by atoms with van der Waals surface area (Å²) in [5.74, 6) is -0.469. The fraction of sp³-hybridized carbons (Fsp3) is 0.980. The highest BCUT2D eigenvalue weighted by Crippen LogP contribution is 2.47. The predicted molar refractivity (Wildman–Crippen MR) is 254 cm³/mol.